The number of halogens is 15. The Morgan fingerprint density at radius 1 is 0.426 bits per heavy atom. The third-order valence-electron chi connectivity index (χ3n) is 9.09. The van der Waals surface area contributed by atoms with Gasteiger partial charge in [0, 0.05) is 22.1 Å². The first-order chi connectivity index (χ1) is 28.7. The Morgan fingerprint density at radius 2 is 0.754 bits per heavy atom. The van der Waals surface area contributed by atoms with Gasteiger partial charge >= 0.3 is 0 Å². The summed E-state index contributed by atoms with van der Waals surface area (Å²) in [4.78, 5) is 0. The van der Waals surface area contributed by atoms with Crippen LogP contribution in [0.15, 0.2) is 84.9 Å². The van der Waals surface area contributed by atoms with Crippen molar-refractivity contribution in [2.45, 2.75) is 19.6 Å². The second-order valence-corrected chi connectivity index (χ2v) is 21.1. The van der Waals surface area contributed by atoms with Crippen molar-refractivity contribution in [3.05, 3.63) is 189 Å². The molecule has 0 nitrogen and oxygen atoms in total. The minimum absolute atomic E-state index is 0.0432. The zero-order valence-corrected chi connectivity index (χ0v) is 33.2. The molecule has 312 valence electrons. The smallest absolute Gasteiger partial charge is 0.204 e. The van der Waals surface area contributed by atoms with Crippen LogP contribution in [0.1, 0.15) is 16.7 Å². The zero-order chi connectivity index (χ0) is 44.8. The van der Waals surface area contributed by atoms with E-state index >= 15 is 52.7 Å². The lowest BCUT2D eigenvalue weighted by Gasteiger charge is -2.31. The molecule has 0 N–H and O–H groups in total. The average molecular weight is 894 g/mol. The molecule has 0 atom stereocenters. The molecule has 0 spiro atoms. The van der Waals surface area contributed by atoms with E-state index in [1.165, 1.54) is 78.9 Å². The molecule has 0 aliphatic heterocycles. The van der Waals surface area contributed by atoms with Crippen LogP contribution < -0.4 is 21.5 Å². The topological polar surface area (TPSA) is 0 Å². The second kappa shape index (κ2) is 17.3. The molecular formula is C43H23BF15PSi. The molecule has 6 aromatic rings. The van der Waals surface area contributed by atoms with Gasteiger partial charge in [-0.3, -0.25) is 0 Å². The van der Waals surface area contributed by atoms with Gasteiger partial charge in [-0.2, -0.15) is 0 Å². The maximum absolute atomic E-state index is 16.7. The van der Waals surface area contributed by atoms with Gasteiger partial charge in [-0.25, -0.2) is 65.9 Å². The van der Waals surface area contributed by atoms with Gasteiger partial charge in [0.2, 0.25) is 5.82 Å². The van der Waals surface area contributed by atoms with Crippen molar-refractivity contribution in [2.24, 2.45) is 0 Å². The first-order valence-corrected chi connectivity index (χ1v) is 22.4. The van der Waals surface area contributed by atoms with Crippen LogP contribution in [0.4, 0.5) is 65.9 Å². The van der Waals surface area contributed by atoms with Crippen molar-refractivity contribution in [3.8, 4) is 11.5 Å². The van der Waals surface area contributed by atoms with Crippen LogP contribution in [0.3, 0.4) is 0 Å². The van der Waals surface area contributed by atoms with Crippen molar-refractivity contribution in [3.63, 3.8) is 0 Å². The Labute approximate surface area is 340 Å². The van der Waals surface area contributed by atoms with Gasteiger partial charge in [0.25, 0.3) is 6.71 Å². The Balaban J connectivity index is 2.10. The van der Waals surface area contributed by atoms with E-state index in [4.69, 9.17) is 0 Å². The van der Waals surface area contributed by atoms with Crippen LogP contribution in [-0.2, 0) is 0 Å². The second-order valence-electron chi connectivity index (χ2n) is 14.2. The van der Waals surface area contributed by atoms with Gasteiger partial charge in [-0.1, -0.05) is 104 Å². The third-order valence-corrected chi connectivity index (χ3v) is 12.5. The summed E-state index contributed by atoms with van der Waals surface area (Å²) in [5.74, 6) is -40.8. The van der Waals surface area contributed by atoms with Crippen molar-refractivity contribution in [1.29, 1.82) is 0 Å². The van der Waals surface area contributed by atoms with Crippen LogP contribution in [0.2, 0.25) is 19.6 Å². The van der Waals surface area contributed by atoms with Crippen molar-refractivity contribution in [1.82, 2.24) is 0 Å². The molecule has 0 aliphatic carbocycles. The Morgan fingerprint density at radius 3 is 1.13 bits per heavy atom. The highest BCUT2D eigenvalue weighted by molar-refractivity contribution is 7.82. The molecule has 61 heavy (non-hydrogen) atoms. The molecule has 0 saturated heterocycles. The summed E-state index contributed by atoms with van der Waals surface area (Å²) in [6, 6.07) is 18.8. The zero-order valence-electron chi connectivity index (χ0n) is 31.3. The van der Waals surface area contributed by atoms with Gasteiger partial charge < -0.3 is 0 Å². The largest absolute Gasteiger partial charge is 0.259 e. The van der Waals surface area contributed by atoms with E-state index in [2.05, 4.69) is 11.5 Å². The molecule has 0 heterocycles. The van der Waals surface area contributed by atoms with E-state index in [9.17, 15) is 13.2 Å². The van der Waals surface area contributed by atoms with Crippen LogP contribution in [0.5, 0.6) is 0 Å². The van der Waals surface area contributed by atoms with Crippen molar-refractivity contribution >= 4 is 55.0 Å². The average Bonchev–Trinajstić information content (AvgIpc) is 3.25. The van der Waals surface area contributed by atoms with Crippen LogP contribution in [0.25, 0.3) is 10.8 Å². The van der Waals surface area contributed by atoms with Crippen molar-refractivity contribution in [2.75, 3.05) is 0 Å². The molecule has 6 rings (SSSR count). The third kappa shape index (κ3) is 8.11. The SMILES string of the molecule is C[Si](C)(C)C#Cc1ccccc1/C(=C(/B(c1c(F)c(F)c(F)c(F)c1F)c1c(F)c(F)c(F)c(F)c1F)c1c(F)c(F)c(F)c(F)c1F)P(c1ccccc1)c1ccccc1. The molecular weight excluding hydrogens is 871 g/mol. The van der Waals surface area contributed by atoms with E-state index in [0.29, 0.717) is 0 Å². The van der Waals surface area contributed by atoms with Gasteiger partial charge in [-0.05, 0) is 40.9 Å². The molecule has 0 amide bonds. The van der Waals surface area contributed by atoms with Crippen molar-refractivity contribution < 1.29 is 65.9 Å². The molecule has 0 radical (unpaired) electrons. The summed E-state index contributed by atoms with van der Waals surface area (Å²) in [6.45, 7) is 1.49. The summed E-state index contributed by atoms with van der Waals surface area (Å²) in [5.41, 5.74) is -6.75. The Kier molecular flexibility index (Phi) is 12.7. The lowest BCUT2D eigenvalue weighted by Crippen LogP contribution is -2.52. The van der Waals surface area contributed by atoms with Crippen LogP contribution in [-0.4, -0.2) is 14.8 Å². The maximum Gasteiger partial charge on any atom is 0.259 e. The molecule has 6 aromatic carbocycles. The number of benzene rings is 6. The van der Waals surface area contributed by atoms with E-state index in [-0.39, 0.29) is 16.2 Å². The maximum atomic E-state index is 16.7. The minimum atomic E-state index is -3.81. The Hall–Kier alpha value is -5.72. The molecule has 0 unspecified atom stereocenters. The summed E-state index contributed by atoms with van der Waals surface area (Å²) >= 11 is 0. The van der Waals surface area contributed by atoms with E-state index in [1.807, 2.05) is 0 Å². The van der Waals surface area contributed by atoms with Crippen LogP contribution >= 0.6 is 7.92 Å². The van der Waals surface area contributed by atoms with Gasteiger partial charge in [0.1, 0.15) is 8.07 Å². The van der Waals surface area contributed by atoms with Gasteiger partial charge in [0.05, 0.1) is 0 Å². The van der Waals surface area contributed by atoms with E-state index < -0.39 is 143 Å². The highest BCUT2D eigenvalue weighted by atomic mass is 31.1. The number of hydrogen-bond acceptors (Lipinski definition) is 0. The molecule has 0 saturated carbocycles. The van der Waals surface area contributed by atoms with E-state index in [0.717, 1.165) is 6.07 Å². The quantitative estimate of drug-likeness (QED) is 0.0272. The summed E-state index contributed by atoms with van der Waals surface area (Å²) in [5, 5.41) is -0.794. The normalized spacial score (nSPS) is 12.0. The summed E-state index contributed by atoms with van der Waals surface area (Å²) in [7, 11) is -5.26. The predicted molar refractivity (Wildman–Crippen MR) is 206 cm³/mol. The lowest BCUT2D eigenvalue weighted by molar-refractivity contribution is 0.376. The predicted octanol–water partition coefficient (Wildman–Crippen LogP) is 10.9. The molecule has 18 heteroatoms. The fraction of sp³-hybridized carbons (Fsp3) is 0.0698. The summed E-state index contributed by atoms with van der Waals surface area (Å²) in [6.07, 6.45) is 0. The number of rotatable bonds is 8. The fourth-order valence-corrected chi connectivity index (χ4v) is 9.61. The molecule has 0 fully saturated rings. The van der Waals surface area contributed by atoms with E-state index in [1.54, 1.807) is 19.6 Å². The van der Waals surface area contributed by atoms with Crippen LogP contribution in [0, 0.1) is 98.7 Å². The van der Waals surface area contributed by atoms with Gasteiger partial charge in [0.15, 0.2) is 81.4 Å². The van der Waals surface area contributed by atoms with Gasteiger partial charge in [-0.15, -0.1) is 5.54 Å². The summed E-state index contributed by atoms with van der Waals surface area (Å²) < 4.78 is 235. The number of hydrogen-bond donors (Lipinski definition) is 0. The monoisotopic (exact) mass is 894 g/mol. The highest BCUT2D eigenvalue weighted by Gasteiger charge is 2.47. The molecule has 0 bridgehead atoms. The lowest BCUT2D eigenvalue weighted by atomic mass is 9.34. The standard InChI is InChI=1S/C43H23BF15PSi/c1-61(2,3)19-18-20-12-10-11-17-23(20)43(60(21-13-6-4-7-14-21)22-15-8-5-9-16-22)25(24-28(45)34(51)40(57)35(52)29(24)46)44(26-30(47)36(53)41(58)37(54)31(26)48)27-32(49)38(55)42(59)39(56)33(27)50/h4-17H,1-3H3/b43-25-. The minimum Gasteiger partial charge on any atom is -0.204 e. The fourth-order valence-electron chi connectivity index (χ4n) is 6.43. The first-order valence-electron chi connectivity index (χ1n) is 17.5. The first kappa shape index (κ1) is 44.8. The highest BCUT2D eigenvalue weighted by Crippen LogP contribution is 2.54. The molecule has 0 aliphatic rings. The Bertz CT molecular complexity index is 2620. The molecule has 0 aromatic heterocycles.